The van der Waals surface area contributed by atoms with Crippen molar-refractivity contribution in [1.29, 1.82) is 0 Å². The number of aryl methyl sites for hydroxylation is 1. The maximum atomic E-state index is 11.4. The topological polar surface area (TPSA) is 97.3 Å². The molecule has 166 valence electrons. The highest BCUT2D eigenvalue weighted by atomic mass is 16.5. The smallest absolute Gasteiger partial charge is 0.407 e. The lowest BCUT2D eigenvalue weighted by Gasteiger charge is -2.29. The summed E-state index contributed by atoms with van der Waals surface area (Å²) >= 11 is 0. The van der Waals surface area contributed by atoms with Crippen molar-refractivity contribution in [3.05, 3.63) is 47.5 Å². The highest BCUT2D eigenvalue weighted by Gasteiger charge is 2.14. The van der Waals surface area contributed by atoms with Crippen molar-refractivity contribution in [3.8, 4) is 5.88 Å². The number of rotatable bonds is 9. The van der Waals surface area contributed by atoms with Gasteiger partial charge in [0, 0.05) is 30.9 Å². The van der Waals surface area contributed by atoms with Gasteiger partial charge in [-0.1, -0.05) is 29.8 Å². The molecule has 1 saturated heterocycles. The van der Waals surface area contributed by atoms with Crippen molar-refractivity contribution < 1.29 is 19.0 Å². The molecule has 2 aromatic rings. The van der Waals surface area contributed by atoms with Gasteiger partial charge >= 0.3 is 6.09 Å². The van der Waals surface area contributed by atoms with Gasteiger partial charge in [0.25, 0.3) is 0 Å². The average Bonchev–Trinajstić information content (AvgIpc) is 2.77. The highest BCUT2D eigenvalue weighted by Crippen LogP contribution is 2.24. The SMILES string of the molecule is CCOC(=O)NCCOc1cc(N2CCOCC2)cc(N/N=C/c2cccc(C)c2)n1. The molecule has 2 N–H and O–H groups in total. The molecule has 0 unspecified atom stereocenters. The largest absolute Gasteiger partial charge is 0.476 e. The van der Waals surface area contributed by atoms with Crippen LogP contribution in [0.25, 0.3) is 0 Å². The van der Waals surface area contributed by atoms with Crippen molar-refractivity contribution in [3.63, 3.8) is 0 Å². The molecule has 0 radical (unpaired) electrons. The van der Waals surface area contributed by atoms with Gasteiger partial charge in [-0.05, 0) is 19.4 Å². The summed E-state index contributed by atoms with van der Waals surface area (Å²) in [6.07, 6.45) is 1.29. The van der Waals surface area contributed by atoms with Crippen LogP contribution in [-0.4, -0.2) is 63.4 Å². The fourth-order valence-electron chi connectivity index (χ4n) is 3.04. The highest BCUT2D eigenvalue weighted by molar-refractivity contribution is 5.80. The van der Waals surface area contributed by atoms with Gasteiger partial charge in [0.1, 0.15) is 6.61 Å². The number of amides is 1. The first kappa shape index (κ1) is 22.4. The molecule has 0 saturated carbocycles. The molecule has 1 aliphatic rings. The zero-order chi connectivity index (χ0) is 21.9. The minimum absolute atomic E-state index is 0.268. The van der Waals surface area contributed by atoms with Crippen LogP contribution in [0.3, 0.4) is 0 Å². The number of aromatic nitrogens is 1. The molecule has 1 aromatic heterocycles. The molecule has 31 heavy (non-hydrogen) atoms. The van der Waals surface area contributed by atoms with Crippen molar-refractivity contribution in [2.75, 3.05) is 56.4 Å². The second-order valence-electron chi connectivity index (χ2n) is 6.93. The Morgan fingerprint density at radius 1 is 1.29 bits per heavy atom. The van der Waals surface area contributed by atoms with Crippen LogP contribution in [0.2, 0.25) is 0 Å². The second-order valence-corrected chi connectivity index (χ2v) is 6.93. The molecule has 1 aromatic carbocycles. The molecule has 1 amide bonds. The number of ether oxygens (including phenoxy) is 3. The number of hydrogen-bond donors (Lipinski definition) is 2. The Kier molecular flexibility index (Phi) is 8.48. The van der Waals surface area contributed by atoms with E-state index in [0.717, 1.165) is 24.3 Å². The third kappa shape index (κ3) is 7.45. The summed E-state index contributed by atoms with van der Waals surface area (Å²) in [7, 11) is 0. The summed E-state index contributed by atoms with van der Waals surface area (Å²) < 4.78 is 16.0. The number of pyridine rings is 1. The van der Waals surface area contributed by atoms with Crippen LogP contribution in [0.4, 0.5) is 16.3 Å². The van der Waals surface area contributed by atoms with Gasteiger partial charge in [-0.25, -0.2) is 4.79 Å². The Balaban J connectivity index is 1.66. The molecule has 1 fully saturated rings. The molecule has 9 heteroatoms. The van der Waals surface area contributed by atoms with E-state index in [9.17, 15) is 4.79 Å². The summed E-state index contributed by atoms with van der Waals surface area (Å²) in [4.78, 5) is 18.1. The van der Waals surface area contributed by atoms with Crippen molar-refractivity contribution >= 4 is 23.8 Å². The summed E-state index contributed by atoms with van der Waals surface area (Å²) in [6.45, 7) is 7.65. The fourth-order valence-corrected chi connectivity index (χ4v) is 3.04. The molecule has 1 aliphatic heterocycles. The minimum atomic E-state index is -0.464. The number of alkyl carbamates (subject to hydrolysis) is 1. The normalized spacial score (nSPS) is 13.8. The van der Waals surface area contributed by atoms with Crippen LogP contribution in [-0.2, 0) is 9.47 Å². The van der Waals surface area contributed by atoms with Crippen LogP contribution < -0.4 is 20.4 Å². The number of nitrogens with zero attached hydrogens (tertiary/aromatic N) is 3. The molecule has 0 aliphatic carbocycles. The predicted octanol–water partition coefficient (Wildman–Crippen LogP) is 2.80. The van der Waals surface area contributed by atoms with Gasteiger partial charge in [-0.2, -0.15) is 10.1 Å². The molecular weight excluding hydrogens is 398 g/mol. The van der Waals surface area contributed by atoms with E-state index in [2.05, 4.69) is 25.7 Å². The number of carbonyl (C=O) groups excluding carboxylic acids is 1. The lowest BCUT2D eigenvalue weighted by Crippen LogP contribution is -2.36. The number of benzene rings is 1. The van der Waals surface area contributed by atoms with Gasteiger partial charge in [0.2, 0.25) is 5.88 Å². The quantitative estimate of drug-likeness (QED) is 0.361. The van der Waals surface area contributed by atoms with Crippen molar-refractivity contribution in [2.24, 2.45) is 5.10 Å². The Morgan fingerprint density at radius 3 is 2.90 bits per heavy atom. The predicted molar refractivity (Wildman–Crippen MR) is 120 cm³/mol. The molecule has 0 spiro atoms. The average molecular weight is 428 g/mol. The maximum absolute atomic E-state index is 11.4. The Morgan fingerprint density at radius 2 is 2.13 bits per heavy atom. The summed E-state index contributed by atoms with van der Waals surface area (Å²) in [6, 6.07) is 11.9. The first-order valence-corrected chi connectivity index (χ1v) is 10.4. The number of hydrazone groups is 1. The van der Waals surface area contributed by atoms with Crippen molar-refractivity contribution in [1.82, 2.24) is 10.3 Å². The van der Waals surface area contributed by atoms with Crippen LogP contribution in [0, 0.1) is 6.92 Å². The first-order chi connectivity index (χ1) is 15.1. The Hall–Kier alpha value is -3.33. The zero-order valence-corrected chi connectivity index (χ0v) is 18.0. The molecular formula is C22H29N5O4. The van der Waals surface area contributed by atoms with E-state index >= 15 is 0 Å². The van der Waals surface area contributed by atoms with Gasteiger partial charge in [-0.15, -0.1) is 0 Å². The van der Waals surface area contributed by atoms with Crippen LogP contribution in [0.1, 0.15) is 18.1 Å². The van der Waals surface area contributed by atoms with Crippen LogP contribution in [0.15, 0.2) is 41.5 Å². The van der Waals surface area contributed by atoms with Gasteiger partial charge in [-0.3, -0.25) is 5.43 Å². The standard InChI is InChI=1S/C22H29N5O4/c1-3-30-22(28)23-7-10-31-21-15-19(27-8-11-29-12-9-27)14-20(25-21)26-24-16-18-6-4-5-17(2)13-18/h4-6,13-16H,3,7-12H2,1-2H3,(H,23,28)(H,25,26)/b24-16+. The monoisotopic (exact) mass is 427 g/mol. The molecule has 9 nitrogen and oxygen atoms in total. The van der Waals surface area contributed by atoms with E-state index in [4.69, 9.17) is 14.2 Å². The van der Waals surface area contributed by atoms with E-state index in [-0.39, 0.29) is 6.61 Å². The number of hydrogen-bond acceptors (Lipinski definition) is 8. The molecule has 0 bridgehead atoms. The van der Waals surface area contributed by atoms with E-state index < -0.39 is 6.09 Å². The summed E-state index contributed by atoms with van der Waals surface area (Å²) in [5.74, 6) is 1.02. The number of anilines is 2. The number of morpholine rings is 1. The van der Waals surface area contributed by atoms with Crippen LogP contribution in [0.5, 0.6) is 5.88 Å². The second kappa shape index (κ2) is 11.8. The Bertz CT molecular complexity index is 884. The minimum Gasteiger partial charge on any atom is -0.476 e. The fraction of sp³-hybridized carbons (Fsp3) is 0.409. The lowest BCUT2D eigenvalue weighted by molar-refractivity contribution is 0.122. The first-order valence-electron chi connectivity index (χ1n) is 10.4. The Labute approximate surface area is 182 Å². The van der Waals surface area contributed by atoms with Gasteiger partial charge in [0.15, 0.2) is 5.82 Å². The molecule has 0 atom stereocenters. The van der Waals surface area contributed by atoms with E-state index in [1.54, 1.807) is 13.1 Å². The molecule has 3 rings (SSSR count). The van der Waals surface area contributed by atoms with E-state index in [0.29, 0.717) is 38.1 Å². The number of nitrogens with one attached hydrogen (secondary N) is 2. The zero-order valence-electron chi connectivity index (χ0n) is 18.0. The van der Waals surface area contributed by atoms with E-state index in [1.807, 2.05) is 43.3 Å². The van der Waals surface area contributed by atoms with Crippen LogP contribution >= 0.6 is 0 Å². The number of carbonyl (C=O) groups is 1. The summed E-state index contributed by atoms with van der Waals surface area (Å²) in [5.41, 5.74) is 6.13. The third-order valence-electron chi connectivity index (χ3n) is 4.49. The maximum Gasteiger partial charge on any atom is 0.407 e. The third-order valence-corrected chi connectivity index (χ3v) is 4.49. The lowest BCUT2D eigenvalue weighted by atomic mass is 10.2. The van der Waals surface area contributed by atoms with E-state index in [1.165, 1.54) is 5.56 Å². The molecule has 2 heterocycles. The van der Waals surface area contributed by atoms with Crippen molar-refractivity contribution in [2.45, 2.75) is 13.8 Å². The summed E-state index contributed by atoms with van der Waals surface area (Å²) in [5, 5.41) is 6.93. The van der Waals surface area contributed by atoms with Gasteiger partial charge in [0.05, 0.1) is 32.6 Å². The van der Waals surface area contributed by atoms with Gasteiger partial charge < -0.3 is 24.4 Å².